The molecule has 2 aromatic heterocycles. The first kappa shape index (κ1) is 22.6. The number of carbonyl (C=O) groups is 2. The van der Waals surface area contributed by atoms with Crippen molar-refractivity contribution >= 4 is 39.9 Å². The minimum Gasteiger partial charge on any atom is -0.485 e. The molecular formula is C23H21N5O3S2. The summed E-state index contributed by atoms with van der Waals surface area (Å²) in [6.07, 6.45) is 0. The molecule has 2 aromatic carbocycles. The van der Waals surface area contributed by atoms with E-state index in [2.05, 4.69) is 15.5 Å². The van der Waals surface area contributed by atoms with Gasteiger partial charge in [0.2, 0.25) is 5.91 Å². The minimum atomic E-state index is -0.582. The fourth-order valence-electron chi connectivity index (χ4n) is 3.08. The second-order valence-electron chi connectivity index (χ2n) is 6.99. The van der Waals surface area contributed by atoms with Gasteiger partial charge in [-0.15, -0.1) is 21.5 Å². The summed E-state index contributed by atoms with van der Waals surface area (Å²) in [7, 11) is 0. The molecule has 0 aliphatic heterocycles. The van der Waals surface area contributed by atoms with E-state index in [-0.39, 0.29) is 18.3 Å². The molecule has 0 atom stereocenters. The van der Waals surface area contributed by atoms with Gasteiger partial charge in [-0.2, -0.15) is 0 Å². The fourth-order valence-corrected chi connectivity index (χ4v) is 4.66. The van der Waals surface area contributed by atoms with Gasteiger partial charge in [0, 0.05) is 5.69 Å². The number of anilines is 1. The maximum Gasteiger partial charge on any atom is 0.251 e. The van der Waals surface area contributed by atoms with Gasteiger partial charge in [0.15, 0.2) is 11.0 Å². The number of thiophene rings is 1. The van der Waals surface area contributed by atoms with Gasteiger partial charge in [-0.05, 0) is 42.1 Å². The highest BCUT2D eigenvalue weighted by Crippen LogP contribution is 2.26. The van der Waals surface area contributed by atoms with Crippen LogP contribution in [0, 0.1) is 6.92 Å². The van der Waals surface area contributed by atoms with Gasteiger partial charge in [0.1, 0.15) is 17.4 Å². The zero-order chi connectivity index (χ0) is 23.2. The summed E-state index contributed by atoms with van der Waals surface area (Å²) >= 11 is 2.49. The van der Waals surface area contributed by atoms with E-state index < -0.39 is 5.91 Å². The normalized spacial score (nSPS) is 10.7. The lowest BCUT2D eigenvalue weighted by Crippen LogP contribution is -2.18. The van der Waals surface area contributed by atoms with E-state index in [0.29, 0.717) is 21.5 Å². The Hall–Kier alpha value is -3.63. The number of hydrogen-bond donors (Lipinski definition) is 2. The van der Waals surface area contributed by atoms with Crippen molar-refractivity contribution in [3.8, 4) is 11.4 Å². The number of carbonyl (C=O) groups excluding carboxylic acids is 2. The Labute approximate surface area is 198 Å². The second-order valence-corrected chi connectivity index (χ2v) is 8.85. The Balaban J connectivity index is 1.50. The molecular weight excluding hydrogens is 458 g/mol. The molecule has 10 heteroatoms. The highest BCUT2D eigenvalue weighted by molar-refractivity contribution is 7.99. The van der Waals surface area contributed by atoms with Gasteiger partial charge in [-0.3, -0.25) is 14.2 Å². The van der Waals surface area contributed by atoms with E-state index in [9.17, 15) is 9.59 Å². The van der Waals surface area contributed by atoms with Gasteiger partial charge in [0.05, 0.1) is 11.3 Å². The van der Waals surface area contributed by atoms with Crippen LogP contribution in [-0.4, -0.2) is 32.3 Å². The number of primary amides is 1. The third-order valence-corrected chi connectivity index (χ3v) is 6.44. The number of nitrogens with zero attached hydrogens (tertiary/aromatic N) is 3. The van der Waals surface area contributed by atoms with E-state index >= 15 is 0 Å². The molecule has 4 rings (SSSR count). The highest BCUT2D eigenvalue weighted by atomic mass is 32.2. The van der Waals surface area contributed by atoms with Crippen molar-refractivity contribution in [2.24, 2.45) is 5.73 Å². The molecule has 3 N–H and O–H groups in total. The zero-order valence-electron chi connectivity index (χ0n) is 17.7. The van der Waals surface area contributed by atoms with Crippen molar-refractivity contribution in [3.63, 3.8) is 0 Å². The second kappa shape index (κ2) is 10.3. The first-order valence-electron chi connectivity index (χ1n) is 10.0. The first-order chi connectivity index (χ1) is 16.0. The summed E-state index contributed by atoms with van der Waals surface area (Å²) in [4.78, 5) is 24.0. The third kappa shape index (κ3) is 5.41. The van der Waals surface area contributed by atoms with Crippen LogP contribution >= 0.6 is 23.1 Å². The van der Waals surface area contributed by atoms with Crippen LogP contribution in [-0.2, 0) is 11.4 Å². The predicted molar refractivity (Wildman–Crippen MR) is 129 cm³/mol. The molecule has 168 valence electrons. The average Bonchev–Trinajstić information content (AvgIpc) is 3.44. The number of para-hydroxylation sites is 2. The van der Waals surface area contributed by atoms with Crippen molar-refractivity contribution in [2.75, 3.05) is 11.1 Å². The number of hydrogen-bond acceptors (Lipinski definition) is 7. The van der Waals surface area contributed by atoms with Crippen LogP contribution in [0.5, 0.6) is 5.75 Å². The number of nitrogens with two attached hydrogens (primary N) is 1. The Bertz CT molecular complexity index is 1270. The van der Waals surface area contributed by atoms with E-state index in [1.807, 2.05) is 66.1 Å². The molecule has 0 bridgehead atoms. The molecule has 0 radical (unpaired) electrons. The molecule has 0 unspecified atom stereocenters. The molecule has 8 nitrogen and oxygen atoms in total. The lowest BCUT2D eigenvalue weighted by Gasteiger charge is -2.12. The van der Waals surface area contributed by atoms with Crippen molar-refractivity contribution < 1.29 is 14.3 Å². The van der Waals surface area contributed by atoms with E-state index in [0.717, 1.165) is 17.0 Å². The van der Waals surface area contributed by atoms with Crippen LogP contribution in [0.25, 0.3) is 5.69 Å². The van der Waals surface area contributed by atoms with Crippen LogP contribution < -0.4 is 15.8 Å². The largest absolute Gasteiger partial charge is 0.485 e. The Morgan fingerprint density at radius 2 is 1.85 bits per heavy atom. The standard InChI is InChI=1S/C23H21N5O3S2/c1-15-7-5-6-10-18(15)31-13-19-26-27-23(28(19)16-8-3-2-4-9-16)33-14-20(29)25-22-17(21(24)30)11-12-32-22/h2-12H,13-14H2,1H3,(H2,24,30)(H,25,29). The maximum atomic E-state index is 12.5. The SMILES string of the molecule is Cc1ccccc1OCc1nnc(SCC(=O)Nc2sccc2C(N)=O)n1-c1ccccc1. The average molecular weight is 480 g/mol. The molecule has 0 saturated heterocycles. The molecule has 0 aliphatic rings. The molecule has 0 spiro atoms. The van der Waals surface area contributed by atoms with Crippen LogP contribution in [0.15, 0.2) is 71.2 Å². The molecule has 0 saturated carbocycles. The number of aromatic nitrogens is 3. The molecule has 4 aromatic rings. The predicted octanol–water partition coefficient (Wildman–Crippen LogP) is 4.05. The van der Waals surface area contributed by atoms with Gasteiger partial charge in [0.25, 0.3) is 5.91 Å². The number of aryl methyl sites for hydroxylation is 1. The molecule has 33 heavy (non-hydrogen) atoms. The van der Waals surface area contributed by atoms with Crippen LogP contribution in [0.3, 0.4) is 0 Å². The van der Waals surface area contributed by atoms with Crippen LogP contribution in [0.2, 0.25) is 0 Å². The third-order valence-electron chi connectivity index (χ3n) is 4.68. The molecule has 0 aliphatic carbocycles. The number of ether oxygens (including phenoxy) is 1. The van der Waals surface area contributed by atoms with Crippen molar-refractivity contribution in [1.82, 2.24) is 14.8 Å². The Kier molecular flexibility index (Phi) is 7.06. The maximum absolute atomic E-state index is 12.5. The van der Waals surface area contributed by atoms with Gasteiger partial charge < -0.3 is 15.8 Å². The number of amides is 2. The quantitative estimate of drug-likeness (QED) is 0.350. The first-order valence-corrected chi connectivity index (χ1v) is 11.9. The van der Waals surface area contributed by atoms with Crippen molar-refractivity contribution in [1.29, 1.82) is 0 Å². The summed E-state index contributed by atoms with van der Waals surface area (Å²) in [5.74, 6) is 0.614. The Morgan fingerprint density at radius 1 is 1.09 bits per heavy atom. The highest BCUT2D eigenvalue weighted by Gasteiger charge is 2.18. The summed E-state index contributed by atoms with van der Waals surface area (Å²) < 4.78 is 7.85. The van der Waals surface area contributed by atoms with Gasteiger partial charge >= 0.3 is 0 Å². The number of benzene rings is 2. The van der Waals surface area contributed by atoms with Crippen LogP contribution in [0.4, 0.5) is 5.00 Å². The minimum absolute atomic E-state index is 0.0831. The van der Waals surface area contributed by atoms with Gasteiger partial charge in [-0.1, -0.05) is 48.2 Å². The smallest absolute Gasteiger partial charge is 0.251 e. The monoisotopic (exact) mass is 479 g/mol. The number of nitrogens with one attached hydrogen (secondary N) is 1. The summed E-state index contributed by atoms with van der Waals surface area (Å²) in [6.45, 7) is 2.20. The zero-order valence-corrected chi connectivity index (χ0v) is 19.4. The number of rotatable bonds is 9. The summed E-state index contributed by atoms with van der Waals surface area (Å²) in [5, 5.41) is 14.0. The van der Waals surface area contributed by atoms with Gasteiger partial charge in [-0.25, -0.2) is 0 Å². The summed E-state index contributed by atoms with van der Waals surface area (Å²) in [5.41, 5.74) is 7.53. The molecule has 0 fully saturated rings. The lowest BCUT2D eigenvalue weighted by molar-refractivity contribution is -0.113. The van der Waals surface area contributed by atoms with Crippen molar-refractivity contribution in [2.45, 2.75) is 18.7 Å². The van der Waals surface area contributed by atoms with E-state index in [1.54, 1.807) is 11.4 Å². The molecule has 2 heterocycles. The Morgan fingerprint density at radius 3 is 2.61 bits per heavy atom. The topological polar surface area (TPSA) is 112 Å². The van der Waals surface area contributed by atoms with Crippen molar-refractivity contribution in [3.05, 3.63) is 83.0 Å². The van der Waals surface area contributed by atoms with Crippen LogP contribution in [0.1, 0.15) is 21.7 Å². The number of thioether (sulfide) groups is 1. The summed E-state index contributed by atoms with van der Waals surface area (Å²) in [6, 6.07) is 19.0. The van der Waals surface area contributed by atoms with E-state index in [4.69, 9.17) is 10.5 Å². The lowest BCUT2D eigenvalue weighted by atomic mass is 10.2. The van der Waals surface area contributed by atoms with E-state index in [1.165, 1.54) is 23.1 Å². The molecule has 2 amide bonds. The fraction of sp³-hybridized carbons (Fsp3) is 0.130.